The number of nitrogens with zero attached hydrogens (tertiary/aromatic N) is 1. The lowest BCUT2D eigenvalue weighted by Crippen LogP contribution is -2.49. The van der Waals surface area contributed by atoms with Crippen molar-refractivity contribution in [1.82, 2.24) is 10.6 Å². The molecule has 1 aromatic carbocycles. The van der Waals surface area contributed by atoms with Gasteiger partial charge in [0.05, 0.1) is 0 Å². The van der Waals surface area contributed by atoms with Gasteiger partial charge in [0.15, 0.2) is 0 Å². The van der Waals surface area contributed by atoms with E-state index in [2.05, 4.69) is 47.6 Å². The van der Waals surface area contributed by atoms with Crippen LogP contribution in [0.4, 0.5) is 5.69 Å². The lowest BCUT2D eigenvalue weighted by Gasteiger charge is -2.32. The first kappa shape index (κ1) is 13.9. The summed E-state index contributed by atoms with van der Waals surface area (Å²) in [6.45, 7) is 6.54. The molecule has 1 fully saturated rings. The minimum Gasteiger partial charge on any atom is -0.358 e. The molecule has 2 N–H and O–H groups in total. The summed E-state index contributed by atoms with van der Waals surface area (Å²) in [6.07, 6.45) is 0.985. The van der Waals surface area contributed by atoms with E-state index in [1.165, 1.54) is 16.8 Å². The Labute approximate surface area is 115 Å². The number of aryl methyl sites for hydroxylation is 2. The largest absolute Gasteiger partial charge is 0.358 e. The summed E-state index contributed by atoms with van der Waals surface area (Å²) < 4.78 is 0. The molecular formula is C15H23N3O. The highest BCUT2D eigenvalue weighted by Crippen LogP contribution is 2.24. The highest BCUT2D eigenvalue weighted by molar-refractivity contribution is 5.86. The number of hydrogen-bond acceptors (Lipinski definition) is 3. The van der Waals surface area contributed by atoms with Crippen LogP contribution in [0.5, 0.6) is 0 Å². The second-order valence-electron chi connectivity index (χ2n) is 5.20. The standard InChI is InChI=1S/C15H23N3O/c1-11-5-6-12(2)13(9-11)18-8-4-7-17-15(19)14(18)10-16-3/h5-6,9,14,16H,4,7-8,10H2,1-3H3,(H,17,19). The fourth-order valence-electron chi connectivity index (χ4n) is 2.59. The van der Waals surface area contributed by atoms with Crippen molar-refractivity contribution in [2.24, 2.45) is 0 Å². The van der Waals surface area contributed by atoms with Gasteiger partial charge in [-0.1, -0.05) is 12.1 Å². The van der Waals surface area contributed by atoms with Crippen molar-refractivity contribution in [2.45, 2.75) is 26.3 Å². The van der Waals surface area contributed by atoms with E-state index in [0.717, 1.165) is 19.5 Å². The molecule has 0 aliphatic carbocycles. The molecule has 2 rings (SSSR count). The predicted molar refractivity (Wildman–Crippen MR) is 78.6 cm³/mol. The first-order valence-electron chi connectivity index (χ1n) is 6.89. The molecular weight excluding hydrogens is 238 g/mol. The van der Waals surface area contributed by atoms with Gasteiger partial charge in [0.2, 0.25) is 5.91 Å². The van der Waals surface area contributed by atoms with Crippen LogP contribution in [0.2, 0.25) is 0 Å². The zero-order valence-electron chi connectivity index (χ0n) is 12.0. The molecule has 1 heterocycles. The summed E-state index contributed by atoms with van der Waals surface area (Å²) in [5.74, 6) is 0.118. The Kier molecular flexibility index (Phi) is 4.43. The highest BCUT2D eigenvalue weighted by Gasteiger charge is 2.28. The zero-order chi connectivity index (χ0) is 13.8. The van der Waals surface area contributed by atoms with Crippen LogP contribution in [0.1, 0.15) is 17.5 Å². The molecule has 0 saturated carbocycles. The van der Waals surface area contributed by atoms with E-state index < -0.39 is 0 Å². The highest BCUT2D eigenvalue weighted by atomic mass is 16.2. The molecule has 1 aromatic rings. The number of carbonyl (C=O) groups is 1. The van der Waals surface area contributed by atoms with Crippen LogP contribution in [-0.4, -0.2) is 38.6 Å². The Balaban J connectivity index is 2.37. The lowest BCUT2D eigenvalue weighted by molar-refractivity contribution is -0.121. The van der Waals surface area contributed by atoms with Crippen LogP contribution in [-0.2, 0) is 4.79 Å². The fraction of sp³-hybridized carbons (Fsp3) is 0.533. The number of carbonyl (C=O) groups excluding carboxylic acids is 1. The molecule has 104 valence electrons. The van der Waals surface area contributed by atoms with Gasteiger partial charge in [-0.05, 0) is 44.5 Å². The van der Waals surface area contributed by atoms with E-state index in [4.69, 9.17) is 0 Å². The Morgan fingerprint density at radius 2 is 2.21 bits per heavy atom. The summed E-state index contributed by atoms with van der Waals surface area (Å²) in [5.41, 5.74) is 3.63. The third-order valence-electron chi connectivity index (χ3n) is 3.63. The maximum Gasteiger partial charge on any atom is 0.244 e. The van der Waals surface area contributed by atoms with Crippen LogP contribution >= 0.6 is 0 Å². The molecule has 4 nitrogen and oxygen atoms in total. The van der Waals surface area contributed by atoms with E-state index in [-0.39, 0.29) is 11.9 Å². The van der Waals surface area contributed by atoms with Gasteiger partial charge >= 0.3 is 0 Å². The molecule has 0 radical (unpaired) electrons. The van der Waals surface area contributed by atoms with Crippen molar-refractivity contribution in [3.63, 3.8) is 0 Å². The number of benzene rings is 1. The van der Waals surface area contributed by atoms with Gasteiger partial charge in [-0.3, -0.25) is 4.79 Å². The van der Waals surface area contributed by atoms with E-state index in [0.29, 0.717) is 6.54 Å². The quantitative estimate of drug-likeness (QED) is 0.860. The SMILES string of the molecule is CNCC1C(=O)NCCCN1c1cc(C)ccc1C. The van der Waals surface area contributed by atoms with Gasteiger partial charge in [-0.2, -0.15) is 0 Å². The number of likely N-dealkylation sites (N-methyl/N-ethyl adjacent to an activating group) is 1. The average molecular weight is 261 g/mol. The molecule has 0 aromatic heterocycles. The minimum absolute atomic E-state index is 0.118. The Morgan fingerprint density at radius 3 is 2.95 bits per heavy atom. The molecule has 0 spiro atoms. The van der Waals surface area contributed by atoms with Crippen molar-refractivity contribution in [3.05, 3.63) is 29.3 Å². The van der Waals surface area contributed by atoms with Crippen LogP contribution in [0.15, 0.2) is 18.2 Å². The Hall–Kier alpha value is -1.55. The maximum absolute atomic E-state index is 12.2. The summed E-state index contributed by atoms with van der Waals surface area (Å²) >= 11 is 0. The van der Waals surface area contributed by atoms with Gasteiger partial charge in [0.25, 0.3) is 0 Å². The van der Waals surface area contributed by atoms with Crippen molar-refractivity contribution in [3.8, 4) is 0 Å². The van der Waals surface area contributed by atoms with Gasteiger partial charge in [0, 0.05) is 25.3 Å². The predicted octanol–water partition coefficient (Wildman–Crippen LogP) is 1.22. The van der Waals surface area contributed by atoms with E-state index in [9.17, 15) is 4.79 Å². The molecule has 1 aliphatic rings. The topological polar surface area (TPSA) is 44.4 Å². The second kappa shape index (κ2) is 6.06. The molecule has 4 heteroatoms. The first-order valence-corrected chi connectivity index (χ1v) is 6.89. The summed E-state index contributed by atoms with van der Waals surface area (Å²) in [5, 5.41) is 6.12. The summed E-state index contributed by atoms with van der Waals surface area (Å²) in [6, 6.07) is 6.29. The van der Waals surface area contributed by atoms with Gasteiger partial charge in [0.1, 0.15) is 6.04 Å². The molecule has 1 saturated heterocycles. The monoisotopic (exact) mass is 261 g/mol. The molecule has 1 unspecified atom stereocenters. The average Bonchev–Trinajstić information content (AvgIpc) is 2.56. The number of anilines is 1. The molecule has 1 atom stereocenters. The van der Waals surface area contributed by atoms with E-state index in [1.54, 1.807) is 0 Å². The van der Waals surface area contributed by atoms with Crippen molar-refractivity contribution < 1.29 is 4.79 Å². The fourth-order valence-corrected chi connectivity index (χ4v) is 2.59. The zero-order valence-corrected chi connectivity index (χ0v) is 12.0. The number of amides is 1. The van der Waals surface area contributed by atoms with Crippen LogP contribution < -0.4 is 15.5 Å². The van der Waals surface area contributed by atoms with Crippen molar-refractivity contribution in [2.75, 3.05) is 31.6 Å². The van der Waals surface area contributed by atoms with Crippen LogP contribution in [0.25, 0.3) is 0 Å². The van der Waals surface area contributed by atoms with Gasteiger partial charge < -0.3 is 15.5 Å². The van der Waals surface area contributed by atoms with E-state index in [1.807, 2.05) is 7.05 Å². The van der Waals surface area contributed by atoms with Gasteiger partial charge in [-0.15, -0.1) is 0 Å². The van der Waals surface area contributed by atoms with Crippen molar-refractivity contribution in [1.29, 1.82) is 0 Å². The van der Waals surface area contributed by atoms with E-state index >= 15 is 0 Å². The third-order valence-corrected chi connectivity index (χ3v) is 3.63. The van der Waals surface area contributed by atoms with Gasteiger partial charge in [-0.25, -0.2) is 0 Å². The number of nitrogens with one attached hydrogen (secondary N) is 2. The van der Waals surface area contributed by atoms with Crippen molar-refractivity contribution >= 4 is 11.6 Å². The number of hydrogen-bond donors (Lipinski definition) is 2. The Morgan fingerprint density at radius 1 is 1.42 bits per heavy atom. The first-order chi connectivity index (χ1) is 9.13. The normalized spacial score (nSPS) is 20.1. The maximum atomic E-state index is 12.2. The Bertz CT molecular complexity index is 459. The lowest BCUT2D eigenvalue weighted by atomic mass is 10.1. The molecule has 1 amide bonds. The van der Waals surface area contributed by atoms with Crippen LogP contribution in [0.3, 0.4) is 0 Å². The summed E-state index contributed by atoms with van der Waals surface area (Å²) in [7, 11) is 1.89. The third kappa shape index (κ3) is 3.07. The number of rotatable bonds is 3. The molecule has 0 bridgehead atoms. The minimum atomic E-state index is -0.131. The molecule has 1 aliphatic heterocycles. The smallest absolute Gasteiger partial charge is 0.244 e. The molecule has 19 heavy (non-hydrogen) atoms. The summed E-state index contributed by atoms with van der Waals surface area (Å²) in [4.78, 5) is 14.4. The second-order valence-corrected chi connectivity index (χ2v) is 5.20. The van der Waals surface area contributed by atoms with Crippen LogP contribution in [0, 0.1) is 13.8 Å².